The second-order valence-electron chi connectivity index (χ2n) is 7.82. The summed E-state index contributed by atoms with van der Waals surface area (Å²) in [4.78, 5) is 21.3. The summed E-state index contributed by atoms with van der Waals surface area (Å²) in [6.45, 7) is 0. The van der Waals surface area contributed by atoms with Crippen LogP contribution >= 0.6 is 0 Å². The van der Waals surface area contributed by atoms with Gasteiger partial charge in [-0.3, -0.25) is 9.78 Å². The molecule has 9 heteroatoms. The zero-order valence-electron chi connectivity index (χ0n) is 18.3. The van der Waals surface area contributed by atoms with Gasteiger partial charge in [-0.05, 0) is 48.4 Å². The topological polar surface area (TPSA) is 120 Å². The van der Waals surface area contributed by atoms with Crippen LogP contribution < -0.4 is 0 Å². The predicted molar refractivity (Wildman–Crippen MR) is 120 cm³/mol. The molecule has 0 bridgehead atoms. The van der Waals surface area contributed by atoms with Crippen LogP contribution in [0.25, 0.3) is 17.0 Å². The van der Waals surface area contributed by atoms with Crippen molar-refractivity contribution < 1.29 is 23.4 Å². The van der Waals surface area contributed by atoms with Crippen LogP contribution in [0.3, 0.4) is 0 Å². The summed E-state index contributed by atoms with van der Waals surface area (Å²) in [6.07, 6.45) is 3.31. The maximum atomic E-state index is 14.4. The second kappa shape index (κ2) is 10.2. The molecule has 0 amide bonds. The van der Waals surface area contributed by atoms with Crippen LogP contribution in [-0.4, -0.2) is 33.1 Å². The fourth-order valence-corrected chi connectivity index (χ4v) is 3.80. The van der Waals surface area contributed by atoms with E-state index in [9.17, 15) is 23.9 Å². The summed E-state index contributed by atoms with van der Waals surface area (Å²) in [5.41, 5.74) is 0.178. The molecule has 174 valence electrons. The van der Waals surface area contributed by atoms with E-state index in [4.69, 9.17) is 10.00 Å². The van der Waals surface area contributed by atoms with Gasteiger partial charge in [0.1, 0.15) is 35.3 Å². The highest BCUT2D eigenvalue weighted by Crippen LogP contribution is 2.30. The number of aliphatic hydroxyl groups excluding tert-OH is 1. The molecule has 0 unspecified atom stereocenters. The van der Waals surface area contributed by atoms with Crippen LogP contribution in [0.1, 0.15) is 40.0 Å². The first-order valence-electron chi connectivity index (χ1n) is 10.7. The number of ether oxygens (including phenoxy) is 1. The first kappa shape index (κ1) is 23.7. The maximum absolute atomic E-state index is 14.4. The number of Topliss-reactive ketones (excluding diaryl/α,β-unsaturated/α-hetero) is 1. The number of benzene rings is 1. The van der Waals surface area contributed by atoms with Gasteiger partial charge in [0.05, 0.1) is 35.4 Å². The van der Waals surface area contributed by atoms with Gasteiger partial charge in [-0.15, -0.1) is 0 Å². The Kier molecular flexibility index (Phi) is 6.91. The molecule has 3 aromatic rings. The second-order valence-corrected chi connectivity index (χ2v) is 7.82. The number of aromatic nitrogens is 2. The summed E-state index contributed by atoms with van der Waals surface area (Å²) in [6, 6.07) is 11.4. The molecule has 3 heterocycles. The molecule has 35 heavy (non-hydrogen) atoms. The van der Waals surface area contributed by atoms with Gasteiger partial charge >= 0.3 is 0 Å². The van der Waals surface area contributed by atoms with E-state index >= 15 is 0 Å². The van der Waals surface area contributed by atoms with Crippen molar-refractivity contribution in [2.45, 2.75) is 31.5 Å². The molecule has 1 aliphatic heterocycles. The third kappa shape index (κ3) is 4.91. The van der Waals surface area contributed by atoms with Crippen molar-refractivity contribution in [2.24, 2.45) is 0 Å². The molecule has 1 aliphatic rings. The number of pyridine rings is 2. The van der Waals surface area contributed by atoms with Gasteiger partial charge < -0.3 is 9.84 Å². The van der Waals surface area contributed by atoms with Crippen molar-refractivity contribution in [3.05, 3.63) is 88.9 Å². The Hall–Kier alpha value is -4.47. The highest BCUT2D eigenvalue weighted by molar-refractivity contribution is 5.97. The van der Waals surface area contributed by atoms with Gasteiger partial charge in [0.25, 0.3) is 0 Å². The molecule has 1 aromatic carbocycles. The van der Waals surface area contributed by atoms with Crippen LogP contribution in [0.5, 0.6) is 0 Å². The smallest absolute Gasteiger partial charge is 0.185 e. The Bertz CT molecular complexity index is 1390. The van der Waals surface area contributed by atoms with Crippen molar-refractivity contribution in [3.8, 4) is 23.4 Å². The van der Waals surface area contributed by atoms with E-state index < -0.39 is 35.2 Å². The lowest BCUT2D eigenvalue weighted by Crippen LogP contribution is -2.31. The highest BCUT2D eigenvalue weighted by Gasteiger charge is 2.27. The van der Waals surface area contributed by atoms with E-state index in [0.717, 1.165) is 12.1 Å². The number of ketones is 1. The Balaban J connectivity index is 1.66. The SMILES string of the molecule is N#CC[C@H]1OC(c2ccncc2CC(=O)c2ccc(C#N)c(-c3c(F)cccc3F)n2)=CC[C@@H]1O. The average Bonchev–Trinajstić information content (AvgIpc) is 2.86. The Morgan fingerprint density at radius 3 is 2.66 bits per heavy atom. The van der Waals surface area contributed by atoms with E-state index in [1.54, 1.807) is 12.1 Å². The number of hydrogen-bond donors (Lipinski definition) is 1. The fourth-order valence-electron chi connectivity index (χ4n) is 3.80. The molecule has 0 radical (unpaired) electrons. The van der Waals surface area contributed by atoms with Crippen LogP contribution in [0.2, 0.25) is 0 Å². The molecular weight excluding hydrogens is 454 g/mol. The third-order valence-electron chi connectivity index (χ3n) is 5.57. The summed E-state index contributed by atoms with van der Waals surface area (Å²) >= 11 is 0. The lowest BCUT2D eigenvalue weighted by atomic mass is 9.97. The zero-order chi connectivity index (χ0) is 24.9. The van der Waals surface area contributed by atoms with Crippen molar-refractivity contribution in [3.63, 3.8) is 0 Å². The molecule has 2 aromatic heterocycles. The summed E-state index contributed by atoms with van der Waals surface area (Å²) in [5, 5.41) is 28.4. The number of nitriles is 2. The Morgan fingerprint density at radius 2 is 1.94 bits per heavy atom. The van der Waals surface area contributed by atoms with Crippen LogP contribution in [0.15, 0.2) is 54.9 Å². The van der Waals surface area contributed by atoms with Crippen molar-refractivity contribution in [1.29, 1.82) is 10.5 Å². The zero-order valence-corrected chi connectivity index (χ0v) is 18.3. The van der Waals surface area contributed by atoms with E-state index in [2.05, 4.69) is 9.97 Å². The quantitative estimate of drug-likeness (QED) is 0.536. The summed E-state index contributed by atoms with van der Waals surface area (Å²) in [5.74, 6) is -1.85. The molecule has 0 saturated carbocycles. The molecule has 1 N–H and O–H groups in total. The standard InChI is InChI=1S/C26H18F2N4O3/c27-18-2-1-3-19(28)25(18)26-15(13-30)4-5-20(32-26)22(34)12-16-14-31-11-9-17(16)23-7-6-21(33)24(35-23)8-10-29/h1-5,7,9,11,14,21,24,33H,6,8,12H2/t21-,24+/m0/s1. The van der Waals surface area contributed by atoms with E-state index in [1.165, 1.54) is 30.6 Å². The van der Waals surface area contributed by atoms with Gasteiger partial charge in [-0.1, -0.05) is 6.07 Å². The summed E-state index contributed by atoms with van der Waals surface area (Å²) in [7, 11) is 0. The highest BCUT2D eigenvalue weighted by atomic mass is 19.1. The molecule has 0 saturated heterocycles. The maximum Gasteiger partial charge on any atom is 0.185 e. The number of rotatable bonds is 6. The van der Waals surface area contributed by atoms with Crippen LogP contribution in [0.4, 0.5) is 8.78 Å². The van der Waals surface area contributed by atoms with Gasteiger partial charge in [0.2, 0.25) is 0 Å². The van der Waals surface area contributed by atoms with Gasteiger partial charge in [-0.25, -0.2) is 13.8 Å². The normalized spacial score (nSPS) is 17.0. The average molecular weight is 472 g/mol. The van der Waals surface area contributed by atoms with E-state index in [-0.39, 0.29) is 36.2 Å². The Morgan fingerprint density at radius 1 is 1.17 bits per heavy atom. The summed E-state index contributed by atoms with van der Waals surface area (Å²) < 4.78 is 34.5. The number of halogens is 2. The lowest BCUT2D eigenvalue weighted by molar-refractivity contribution is 0.0137. The minimum Gasteiger partial charge on any atom is -0.486 e. The first-order chi connectivity index (χ1) is 16.9. The monoisotopic (exact) mass is 472 g/mol. The molecule has 0 spiro atoms. The predicted octanol–water partition coefficient (Wildman–Crippen LogP) is 4.12. The number of hydrogen-bond acceptors (Lipinski definition) is 7. The first-order valence-corrected chi connectivity index (χ1v) is 10.7. The lowest BCUT2D eigenvalue weighted by Gasteiger charge is -2.28. The molecule has 4 rings (SSSR count). The third-order valence-corrected chi connectivity index (χ3v) is 5.57. The van der Waals surface area contributed by atoms with Crippen LogP contribution in [0, 0.1) is 34.3 Å². The van der Waals surface area contributed by atoms with Gasteiger partial charge in [0.15, 0.2) is 5.78 Å². The minimum absolute atomic E-state index is 0.00238. The van der Waals surface area contributed by atoms with E-state index in [0.29, 0.717) is 16.9 Å². The van der Waals surface area contributed by atoms with Gasteiger partial charge in [0, 0.05) is 24.4 Å². The molecule has 7 nitrogen and oxygen atoms in total. The van der Waals surface area contributed by atoms with E-state index in [1.807, 2.05) is 12.1 Å². The molecule has 0 aliphatic carbocycles. The van der Waals surface area contributed by atoms with Crippen molar-refractivity contribution >= 4 is 11.5 Å². The van der Waals surface area contributed by atoms with Gasteiger partial charge in [-0.2, -0.15) is 10.5 Å². The minimum atomic E-state index is -0.899. The number of carbonyl (C=O) groups excluding carboxylic acids is 1. The number of aliphatic hydroxyl groups is 1. The molecule has 2 atom stereocenters. The largest absolute Gasteiger partial charge is 0.486 e. The van der Waals surface area contributed by atoms with Crippen molar-refractivity contribution in [2.75, 3.05) is 0 Å². The fraction of sp³-hybridized carbons (Fsp3) is 0.192. The Labute approximate surface area is 199 Å². The number of nitrogens with zero attached hydrogens (tertiary/aromatic N) is 4. The van der Waals surface area contributed by atoms with Crippen molar-refractivity contribution in [1.82, 2.24) is 9.97 Å². The van der Waals surface area contributed by atoms with Crippen LogP contribution in [-0.2, 0) is 11.2 Å². The molecular formula is C26H18F2N4O3. The number of carbonyl (C=O) groups is 1. The molecule has 0 fully saturated rings.